The molecule has 74 valence electrons. The zero-order valence-electron chi connectivity index (χ0n) is 8.59. The lowest BCUT2D eigenvalue weighted by Gasteiger charge is -1.99. The van der Waals surface area contributed by atoms with Gasteiger partial charge in [0, 0.05) is 6.20 Å². The van der Waals surface area contributed by atoms with Crippen molar-refractivity contribution in [1.82, 2.24) is 4.98 Å². The minimum atomic E-state index is 0.918. The van der Waals surface area contributed by atoms with E-state index in [1.54, 1.807) is 6.20 Å². The van der Waals surface area contributed by atoms with Gasteiger partial charge in [-0.25, -0.2) is 0 Å². The zero-order valence-corrected chi connectivity index (χ0v) is 8.59. The quantitative estimate of drug-likeness (QED) is 0.677. The second kappa shape index (κ2) is 4.51. The molecule has 0 aliphatic carbocycles. The van der Waals surface area contributed by atoms with E-state index in [-0.39, 0.29) is 0 Å². The third kappa shape index (κ3) is 2.50. The van der Waals surface area contributed by atoms with Gasteiger partial charge in [-0.1, -0.05) is 24.3 Å². The monoisotopic (exact) mass is 196 g/mol. The molecular formula is C13H12N2. The molecule has 2 nitrogen and oxygen atoms in total. The van der Waals surface area contributed by atoms with Crippen molar-refractivity contribution in [2.24, 2.45) is 4.99 Å². The third-order valence-electron chi connectivity index (χ3n) is 2.09. The molecule has 2 aromatic rings. The first kappa shape index (κ1) is 9.59. The Kier molecular flexibility index (Phi) is 2.88. The van der Waals surface area contributed by atoms with Crippen LogP contribution in [0, 0.1) is 0 Å². The molecule has 0 saturated heterocycles. The summed E-state index contributed by atoms with van der Waals surface area (Å²) >= 11 is 0. The van der Waals surface area contributed by atoms with Gasteiger partial charge in [0.2, 0.25) is 0 Å². The largest absolute Gasteiger partial charge is 0.255 e. The maximum Gasteiger partial charge on any atom is 0.0841 e. The molecule has 2 rings (SSSR count). The second-order valence-corrected chi connectivity index (χ2v) is 3.25. The van der Waals surface area contributed by atoms with Crippen molar-refractivity contribution in [2.45, 2.75) is 6.92 Å². The standard InChI is InChI=1S/C13H12N2/c1-11(13-9-5-6-10-14-13)15-12-7-3-2-4-8-12/h2-10H,1H3. The van der Waals surface area contributed by atoms with Crippen LogP contribution < -0.4 is 0 Å². The summed E-state index contributed by atoms with van der Waals surface area (Å²) in [7, 11) is 0. The highest BCUT2D eigenvalue weighted by Crippen LogP contribution is 2.11. The Morgan fingerprint density at radius 2 is 1.73 bits per heavy atom. The van der Waals surface area contributed by atoms with Gasteiger partial charge in [-0.2, -0.15) is 0 Å². The number of hydrogen-bond acceptors (Lipinski definition) is 2. The van der Waals surface area contributed by atoms with Crippen molar-refractivity contribution in [2.75, 3.05) is 0 Å². The van der Waals surface area contributed by atoms with E-state index in [9.17, 15) is 0 Å². The molecule has 0 unspecified atom stereocenters. The maximum absolute atomic E-state index is 4.48. The van der Waals surface area contributed by atoms with Gasteiger partial charge in [-0.05, 0) is 31.2 Å². The third-order valence-corrected chi connectivity index (χ3v) is 2.09. The van der Waals surface area contributed by atoms with E-state index >= 15 is 0 Å². The van der Waals surface area contributed by atoms with Gasteiger partial charge >= 0.3 is 0 Å². The minimum absolute atomic E-state index is 0.918. The molecule has 15 heavy (non-hydrogen) atoms. The molecule has 0 amide bonds. The molecule has 0 bridgehead atoms. The molecule has 0 fully saturated rings. The summed E-state index contributed by atoms with van der Waals surface area (Å²) in [4.78, 5) is 8.73. The molecule has 0 aliphatic heterocycles. The van der Waals surface area contributed by atoms with Gasteiger partial charge in [0.1, 0.15) is 0 Å². The summed E-state index contributed by atoms with van der Waals surface area (Å²) in [5, 5.41) is 0. The average Bonchev–Trinajstić information content (AvgIpc) is 2.31. The van der Waals surface area contributed by atoms with Crippen molar-refractivity contribution in [3.8, 4) is 0 Å². The molecule has 0 spiro atoms. The fourth-order valence-corrected chi connectivity index (χ4v) is 1.33. The maximum atomic E-state index is 4.48. The fourth-order valence-electron chi connectivity index (χ4n) is 1.33. The normalized spacial score (nSPS) is 11.4. The van der Waals surface area contributed by atoms with Crippen LogP contribution in [0.3, 0.4) is 0 Å². The number of rotatable bonds is 2. The molecule has 1 heterocycles. The van der Waals surface area contributed by atoms with Crippen molar-refractivity contribution in [3.05, 3.63) is 60.4 Å². The Morgan fingerprint density at radius 3 is 2.40 bits per heavy atom. The molecule has 1 aromatic carbocycles. The molecule has 0 atom stereocenters. The van der Waals surface area contributed by atoms with Crippen LogP contribution in [-0.4, -0.2) is 10.7 Å². The Balaban J connectivity index is 2.29. The van der Waals surface area contributed by atoms with Crippen LogP contribution in [0.15, 0.2) is 59.7 Å². The lowest BCUT2D eigenvalue weighted by molar-refractivity contribution is 1.28. The summed E-state index contributed by atoms with van der Waals surface area (Å²) in [6.07, 6.45) is 1.78. The van der Waals surface area contributed by atoms with Gasteiger partial charge in [0.15, 0.2) is 0 Å². The molecule has 1 aromatic heterocycles. The first-order valence-electron chi connectivity index (χ1n) is 4.88. The number of aromatic nitrogens is 1. The van der Waals surface area contributed by atoms with E-state index in [2.05, 4.69) is 9.98 Å². The Bertz CT molecular complexity index is 446. The number of nitrogens with zero attached hydrogens (tertiary/aromatic N) is 2. The van der Waals surface area contributed by atoms with Crippen LogP contribution in [0.1, 0.15) is 12.6 Å². The zero-order chi connectivity index (χ0) is 10.5. The molecule has 2 heteroatoms. The predicted octanol–water partition coefficient (Wildman–Crippen LogP) is 3.22. The van der Waals surface area contributed by atoms with E-state index in [1.807, 2.05) is 55.5 Å². The Hall–Kier alpha value is -1.96. The van der Waals surface area contributed by atoms with Gasteiger partial charge in [-0.3, -0.25) is 9.98 Å². The van der Waals surface area contributed by atoms with Gasteiger partial charge in [-0.15, -0.1) is 0 Å². The van der Waals surface area contributed by atoms with Gasteiger partial charge in [0.25, 0.3) is 0 Å². The summed E-state index contributed by atoms with van der Waals surface area (Å²) in [6, 6.07) is 15.7. The van der Waals surface area contributed by atoms with Crippen LogP contribution in [0.25, 0.3) is 0 Å². The lowest BCUT2D eigenvalue weighted by atomic mass is 10.2. The van der Waals surface area contributed by atoms with E-state index in [0.29, 0.717) is 0 Å². The van der Waals surface area contributed by atoms with E-state index in [0.717, 1.165) is 17.1 Å². The highest BCUT2D eigenvalue weighted by atomic mass is 14.8. The van der Waals surface area contributed by atoms with Crippen molar-refractivity contribution >= 4 is 11.4 Å². The Morgan fingerprint density at radius 1 is 1.00 bits per heavy atom. The summed E-state index contributed by atoms with van der Waals surface area (Å²) in [5.74, 6) is 0. The average molecular weight is 196 g/mol. The van der Waals surface area contributed by atoms with E-state index < -0.39 is 0 Å². The summed E-state index contributed by atoms with van der Waals surface area (Å²) in [5.41, 5.74) is 2.81. The van der Waals surface area contributed by atoms with Crippen LogP contribution in [0.2, 0.25) is 0 Å². The van der Waals surface area contributed by atoms with Crippen molar-refractivity contribution in [1.29, 1.82) is 0 Å². The topological polar surface area (TPSA) is 25.2 Å². The Labute approximate surface area is 89.3 Å². The fraction of sp³-hybridized carbons (Fsp3) is 0.0769. The molecule has 0 radical (unpaired) electrons. The number of para-hydroxylation sites is 1. The van der Waals surface area contributed by atoms with Gasteiger partial charge < -0.3 is 0 Å². The first-order valence-corrected chi connectivity index (χ1v) is 4.88. The SMILES string of the molecule is CC(=Nc1ccccc1)c1ccccn1. The van der Waals surface area contributed by atoms with E-state index in [4.69, 9.17) is 0 Å². The number of hydrogen-bond donors (Lipinski definition) is 0. The molecular weight excluding hydrogens is 184 g/mol. The first-order chi connectivity index (χ1) is 7.36. The summed E-state index contributed by atoms with van der Waals surface area (Å²) < 4.78 is 0. The number of aliphatic imine (C=N–C) groups is 1. The molecule has 0 aliphatic rings. The highest BCUT2D eigenvalue weighted by Gasteiger charge is 1.96. The minimum Gasteiger partial charge on any atom is -0.255 e. The van der Waals surface area contributed by atoms with E-state index in [1.165, 1.54) is 0 Å². The molecule has 0 N–H and O–H groups in total. The smallest absolute Gasteiger partial charge is 0.0841 e. The summed E-state index contributed by atoms with van der Waals surface area (Å²) in [6.45, 7) is 1.97. The highest BCUT2D eigenvalue weighted by molar-refractivity contribution is 5.98. The lowest BCUT2D eigenvalue weighted by Crippen LogP contribution is -1.96. The van der Waals surface area contributed by atoms with Crippen LogP contribution in [-0.2, 0) is 0 Å². The van der Waals surface area contributed by atoms with Gasteiger partial charge in [0.05, 0.1) is 17.1 Å². The van der Waals surface area contributed by atoms with Crippen molar-refractivity contribution < 1.29 is 0 Å². The van der Waals surface area contributed by atoms with Crippen molar-refractivity contribution in [3.63, 3.8) is 0 Å². The number of pyridine rings is 1. The molecule has 0 saturated carbocycles. The van der Waals surface area contributed by atoms with Crippen LogP contribution in [0.5, 0.6) is 0 Å². The van der Waals surface area contributed by atoms with Crippen LogP contribution >= 0.6 is 0 Å². The predicted molar refractivity (Wildman–Crippen MR) is 62.6 cm³/mol. The van der Waals surface area contributed by atoms with Crippen LogP contribution in [0.4, 0.5) is 5.69 Å². The second-order valence-electron chi connectivity index (χ2n) is 3.25. The number of benzene rings is 1.